The van der Waals surface area contributed by atoms with Gasteiger partial charge in [-0.1, -0.05) is 12.1 Å². The van der Waals surface area contributed by atoms with Crippen LogP contribution in [0.2, 0.25) is 0 Å². The van der Waals surface area contributed by atoms with E-state index < -0.39 is 6.09 Å². The molecule has 9 heteroatoms. The van der Waals surface area contributed by atoms with Gasteiger partial charge in [-0.05, 0) is 49.5 Å². The van der Waals surface area contributed by atoms with Crippen LogP contribution in [0.1, 0.15) is 24.1 Å². The highest BCUT2D eigenvalue weighted by atomic mass is 16.5. The van der Waals surface area contributed by atoms with Gasteiger partial charge in [-0.25, -0.2) is 9.48 Å². The molecule has 0 saturated carbocycles. The molecule has 1 fully saturated rings. The van der Waals surface area contributed by atoms with Crippen LogP contribution in [0.15, 0.2) is 53.7 Å². The normalized spacial score (nSPS) is 14.4. The fourth-order valence-electron chi connectivity index (χ4n) is 3.59. The van der Waals surface area contributed by atoms with E-state index in [1.807, 2.05) is 31.4 Å². The molecular formula is C22H26N6O3. The van der Waals surface area contributed by atoms with Crippen molar-refractivity contribution >= 4 is 11.8 Å². The highest BCUT2D eigenvalue weighted by Gasteiger charge is 2.15. The molecule has 0 spiro atoms. The van der Waals surface area contributed by atoms with Crippen LogP contribution in [0.25, 0.3) is 5.69 Å². The second-order valence-electron chi connectivity index (χ2n) is 7.74. The SMILES string of the molecule is Cn1cc(-n2ccc(=O)c(Cc3cccc(NC(=O)OCC4CCNCC4)c3)n2)cn1. The van der Waals surface area contributed by atoms with E-state index in [1.165, 1.54) is 6.07 Å². The average molecular weight is 422 g/mol. The second-order valence-corrected chi connectivity index (χ2v) is 7.74. The molecule has 3 heterocycles. The Hall–Kier alpha value is -3.46. The van der Waals surface area contributed by atoms with Gasteiger partial charge in [0, 0.05) is 31.4 Å². The van der Waals surface area contributed by atoms with Crippen LogP contribution < -0.4 is 16.1 Å². The Morgan fingerprint density at radius 2 is 2.13 bits per heavy atom. The number of piperidine rings is 1. The third-order valence-corrected chi connectivity index (χ3v) is 5.29. The number of aryl methyl sites for hydroxylation is 1. The van der Waals surface area contributed by atoms with Crippen LogP contribution in [0.5, 0.6) is 0 Å². The monoisotopic (exact) mass is 422 g/mol. The summed E-state index contributed by atoms with van der Waals surface area (Å²) < 4.78 is 8.68. The van der Waals surface area contributed by atoms with Crippen molar-refractivity contribution in [3.63, 3.8) is 0 Å². The van der Waals surface area contributed by atoms with Crippen LogP contribution >= 0.6 is 0 Å². The Balaban J connectivity index is 1.40. The summed E-state index contributed by atoms with van der Waals surface area (Å²) in [6, 6.07) is 8.85. The molecule has 0 radical (unpaired) electrons. The van der Waals surface area contributed by atoms with E-state index in [1.54, 1.807) is 27.8 Å². The maximum atomic E-state index is 12.3. The molecule has 1 amide bonds. The lowest BCUT2D eigenvalue weighted by Crippen LogP contribution is -2.31. The maximum Gasteiger partial charge on any atom is 0.411 e. The molecule has 162 valence electrons. The summed E-state index contributed by atoms with van der Waals surface area (Å²) in [5, 5.41) is 14.7. The predicted octanol–water partition coefficient (Wildman–Crippen LogP) is 2.10. The van der Waals surface area contributed by atoms with Gasteiger partial charge in [-0.15, -0.1) is 0 Å². The van der Waals surface area contributed by atoms with Crippen molar-refractivity contribution in [2.24, 2.45) is 13.0 Å². The highest BCUT2D eigenvalue weighted by Crippen LogP contribution is 2.15. The maximum absolute atomic E-state index is 12.3. The Morgan fingerprint density at radius 3 is 2.90 bits per heavy atom. The predicted molar refractivity (Wildman–Crippen MR) is 116 cm³/mol. The molecule has 0 bridgehead atoms. The summed E-state index contributed by atoms with van der Waals surface area (Å²) in [6.45, 7) is 2.36. The molecule has 1 aromatic carbocycles. The molecule has 1 aliphatic rings. The van der Waals surface area contributed by atoms with Crippen molar-refractivity contribution < 1.29 is 9.53 Å². The molecule has 1 saturated heterocycles. The molecule has 0 aliphatic carbocycles. The lowest BCUT2D eigenvalue weighted by atomic mass is 9.99. The van der Waals surface area contributed by atoms with Gasteiger partial charge in [-0.3, -0.25) is 14.8 Å². The summed E-state index contributed by atoms with van der Waals surface area (Å²) in [6.07, 6.45) is 7.04. The zero-order valence-corrected chi connectivity index (χ0v) is 17.5. The topological polar surface area (TPSA) is 103 Å². The van der Waals surface area contributed by atoms with Gasteiger partial charge in [0.2, 0.25) is 5.43 Å². The number of carbonyl (C=O) groups excluding carboxylic acids is 1. The Bertz CT molecular complexity index is 1100. The third kappa shape index (κ3) is 5.58. The summed E-state index contributed by atoms with van der Waals surface area (Å²) in [7, 11) is 1.82. The van der Waals surface area contributed by atoms with Crippen molar-refractivity contribution in [1.29, 1.82) is 0 Å². The lowest BCUT2D eigenvalue weighted by molar-refractivity contribution is 0.131. The van der Waals surface area contributed by atoms with Gasteiger partial charge in [0.05, 0.1) is 19.0 Å². The van der Waals surface area contributed by atoms with Crippen LogP contribution in [0, 0.1) is 5.92 Å². The molecule has 1 aliphatic heterocycles. The van der Waals surface area contributed by atoms with Gasteiger partial charge in [0.1, 0.15) is 11.4 Å². The minimum atomic E-state index is -0.465. The van der Waals surface area contributed by atoms with Crippen LogP contribution in [0.3, 0.4) is 0 Å². The second kappa shape index (κ2) is 9.57. The van der Waals surface area contributed by atoms with E-state index >= 15 is 0 Å². The minimum Gasteiger partial charge on any atom is -0.449 e. The van der Waals surface area contributed by atoms with Crippen molar-refractivity contribution in [2.75, 3.05) is 25.0 Å². The minimum absolute atomic E-state index is 0.139. The zero-order valence-electron chi connectivity index (χ0n) is 17.5. The molecule has 0 unspecified atom stereocenters. The van der Waals surface area contributed by atoms with Crippen molar-refractivity contribution in [2.45, 2.75) is 19.3 Å². The summed E-state index contributed by atoms with van der Waals surface area (Å²) in [4.78, 5) is 24.5. The van der Waals surface area contributed by atoms with Gasteiger partial charge in [0.15, 0.2) is 0 Å². The van der Waals surface area contributed by atoms with Crippen molar-refractivity contribution in [3.05, 3.63) is 70.4 Å². The number of nitrogens with zero attached hydrogens (tertiary/aromatic N) is 4. The first kappa shape index (κ1) is 20.8. The number of amides is 1. The number of hydrogen-bond acceptors (Lipinski definition) is 6. The molecule has 2 N–H and O–H groups in total. The molecule has 9 nitrogen and oxygen atoms in total. The van der Waals surface area contributed by atoms with Crippen LogP contribution in [-0.4, -0.2) is 45.4 Å². The van der Waals surface area contributed by atoms with Crippen LogP contribution in [-0.2, 0) is 18.2 Å². The number of carbonyl (C=O) groups is 1. The lowest BCUT2D eigenvalue weighted by Gasteiger charge is -2.22. The summed E-state index contributed by atoms with van der Waals surface area (Å²) >= 11 is 0. The number of hydrogen-bond donors (Lipinski definition) is 2. The van der Waals surface area contributed by atoms with E-state index in [4.69, 9.17) is 4.74 Å². The summed E-state index contributed by atoms with van der Waals surface area (Å²) in [5.41, 5.74) is 2.54. The first-order valence-electron chi connectivity index (χ1n) is 10.4. The number of aromatic nitrogens is 4. The Labute approximate surface area is 180 Å². The standard InChI is InChI=1S/C22H26N6O3/c1-27-14-19(13-24-27)28-10-7-21(29)20(26-28)12-17-3-2-4-18(11-17)25-22(30)31-15-16-5-8-23-9-6-16/h2-4,7,10-11,13-14,16,23H,5-6,8-9,12,15H2,1H3,(H,25,30). The van der Waals surface area contributed by atoms with E-state index in [9.17, 15) is 9.59 Å². The molecule has 2 aromatic heterocycles. The number of ether oxygens (including phenoxy) is 1. The molecule has 4 rings (SSSR count). The smallest absolute Gasteiger partial charge is 0.411 e. The van der Waals surface area contributed by atoms with Crippen molar-refractivity contribution in [3.8, 4) is 5.69 Å². The van der Waals surface area contributed by atoms with Gasteiger partial charge in [0.25, 0.3) is 0 Å². The fraction of sp³-hybridized carbons (Fsp3) is 0.364. The molecular weight excluding hydrogens is 396 g/mol. The average Bonchev–Trinajstić information content (AvgIpc) is 3.21. The van der Waals surface area contributed by atoms with Gasteiger partial charge in [-0.2, -0.15) is 10.2 Å². The third-order valence-electron chi connectivity index (χ3n) is 5.29. The largest absolute Gasteiger partial charge is 0.449 e. The molecule has 31 heavy (non-hydrogen) atoms. The molecule has 3 aromatic rings. The number of benzene rings is 1. The van der Waals surface area contributed by atoms with E-state index in [2.05, 4.69) is 20.8 Å². The first-order valence-corrected chi connectivity index (χ1v) is 10.4. The molecule has 0 atom stereocenters. The zero-order chi connectivity index (χ0) is 21.6. The van der Waals surface area contributed by atoms with Gasteiger partial charge < -0.3 is 10.1 Å². The summed E-state index contributed by atoms with van der Waals surface area (Å²) in [5.74, 6) is 0.407. The first-order chi connectivity index (χ1) is 15.1. The Kier molecular flexibility index (Phi) is 6.42. The van der Waals surface area contributed by atoms with E-state index in [0.29, 0.717) is 30.3 Å². The number of anilines is 1. The van der Waals surface area contributed by atoms with Crippen LogP contribution in [0.4, 0.5) is 10.5 Å². The van der Waals surface area contributed by atoms with E-state index in [-0.39, 0.29) is 5.43 Å². The highest BCUT2D eigenvalue weighted by molar-refractivity contribution is 5.84. The van der Waals surface area contributed by atoms with E-state index in [0.717, 1.165) is 37.2 Å². The Morgan fingerprint density at radius 1 is 1.29 bits per heavy atom. The van der Waals surface area contributed by atoms with Gasteiger partial charge >= 0.3 is 6.09 Å². The number of nitrogens with one attached hydrogen (secondary N) is 2. The quantitative estimate of drug-likeness (QED) is 0.631. The number of rotatable bonds is 6. The fourth-order valence-corrected chi connectivity index (χ4v) is 3.59. The van der Waals surface area contributed by atoms with Crippen molar-refractivity contribution in [1.82, 2.24) is 24.9 Å².